The lowest BCUT2D eigenvalue weighted by Gasteiger charge is -2.27. The molecular weight excluding hydrogens is 337 g/mol. The van der Waals surface area contributed by atoms with Gasteiger partial charge in [0.05, 0.1) is 24.3 Å². The predicted molar refractivity (Wildman–Crippen MR) is 93.5 cm³/mol. The van der Waals surface area contributed by atoms with E-state index in [1.54, 1.807) is 24.3 Å². The molecule has 1 N–H and O–H groups in total. The van der Waals surface area contributed by atoms with Gasteiger partial charge in [-0.2, -0.15) is 0 Å². The number of morpholine rings is 1. The molecule has 4 rings (SSSR count). The number of nitrogens with zero attached hydrogens (tertiary/aromatic N) is 1. The van der Waals surface area contributed by atoms with E-state index in [0.29, 0.717) is 42.2 Å². The molecule has 26 heavy (non-hydrogen) atoms. The Labute approximate surface area is 150 Å². The number of ketones is 1. The summed E-state index contributed by atoms with van der Waals surface area (Å²) in [7, 11) is 0. The van der Waals surface area contributed by atoms with Crippen LogP contribution in [0, 0.1) is 5.82 Å². The molecule has 0 aromatic heterocycles. The Hall–Kier alpha value is -2.70. The van der Waals surface area contributed by atoms with Crippen molar-refractivity contribution >= 4 is 11.9 Å². The fourth-order valence-electron chi connectivity index (χ4n) is 3.14. The van der Waals surface area contributed by atoms with E-state index in [9.17, 15) is 14.3 Å². The first-order chi connectivity index (χ1) is 12.6. The molecule has 0 radical (unpaired) electrons. The summed E-state index contributed by atoms with van der Waals surface area (Å²) in [6, 6.07) is 8.91. The standard InChI is InChI=1S/C20H18FNO4/c21-14-3-1-13(2-4-14)11-18-19(24)15-5-6-17(23)16(20(15)26-18)12-22-7-9-25-10-8-22/h1-6,11,23H,7-10,12H2/b18-11-. The number of carbonyl (C=O) groups excluding carboxylic acids is 1. The van der Waals surface area contributed by atoms with Crippen LogP contribution < -0.4 is 4.74 Å². The third kappa shape index (κ3) is 3.21. The molecule has 2 aliphatic heterocycles. The fraction of sp³-hybridized carbons (Fsp3) is 0.250. The third-order valence-corrected chi connectivity index (χ3v) is 4.57. The Morgan fingerprint density at radius 1 is 1.12 bits per heavy atom. The highest BCUT2D eigenvalue weighted by atomic mass is 19.1. The molecule has 0 saturated carbocycles. The van der Waals surface area contributed by atoms with Gasteiger partial charge >= 0.3 is 0 Å². The van der Waals surface area contributed by atoms with Crippen LogP contribution in [-0.4, -0.2) is 42.1 Å². The zero-order valence-corrected chi connectivity index (χ0v) is 14.1. The average Bonchev–Trinajstić information content (AvgIpc) is 2.96. The first kappa shape index (κ1) is 16.8. The van der Waals surface area contributed by atoms with Gasteiger partial charge in [0.25, 0.3) is 0 Å². The van der Waals surface area contributed by atoms with Gasteiger partial charge in [-0.3, -0.25) is 9.69 Å². The van der Waals surface area contributed by atoms with E-state index >= 15 is 0 Å². The minimum absolute atomic E-state index is 0.103. The van der Waals surface area contributed by atoms with Gasteiger partial charge in [0.2, 0.25) is 5.78 Å². The lowest BCUT2D eigenvalue weighted by atomic mass is 10.0. The highest BCUT2D eigenvalue weighted by Crippen LogP contribution is 2.40. The van der Waals surface area contributed by atoms with Crippen molar-refractivity contribution < 1.29 is 23.8 Å². The number of allylic oxidation sites excluding steroid dienone is 1. The normalized spacial score (nSPS) is 18.8. The second kappa shape index (κ2) is 6.90. The maximum atomic E-state index is 13.1. The summed E-state index contributed by atoms with van der Waals surface area (Å²) in [5, 5.41) is 10.3. The van der Waals surface area contributed by atoms with E-state index in [-0.39, 0.29) is 23.1 Å². The Morgan fingerprint density at radius 2 is 1.85 bits per heavy atom. The van der Waals surface area contributed by atoms with Crippen LogP contribution in [0.15, 0.2) is 42.2 Å². The number of hydrogen-bond acceptors (Lipinski definition) is 5. The van der Waals surface area contributed by atoms with Gasteiger partial charge in [-0.25, -0.2) is 4.39 Å². The van der Waals surface area contributed by atoms with Gasteiger partial charge in [-0.1, -0.05) is 12.1 Å². The largest absolute Gasteiger partial charge is 0.507 e. The van der Waals surface area contributed by atoms with E-state index in [1.807, 2.05) is 0 Å². The molecule has 2 aromatic carbocycles. The zero-order chi connectivity index (χ0) is 18.1. The van der Waals surface area contributed by atoms with E-state index in [4.69, 9.17) is 9.47 Å². The van der Waals surface area contributed by atoms with Gasteiger partial charge in [-0.15, -0.1) is 0 Å². The summed E-state index contributed by atoms with van der Waals surface area (Å²) in [5.74, 6) is 0.0840. The quantitative estimate of drug-likeness (QED) is 0.858. The monoisotopic (exact) mass is 355 g/mol. The molecule has 5 nitrogen and oxygen atoms in total. The Balaban J connectivity index is 1.64. The van der Waals surface area contributed by atoms with Crippen molar-refractivity contribution in [3.05, 3.63) is 64.7 Å². The van der Waals surface area contributed by atoms with E-state index in [2.05, 4.69) is 4.90 Å². The highest BCUT2D eigenvalue weighted by molar-refractivity contribution is 6.15. The molecule has 2 aliphatic rings. The van der Waals surface area contributed by atoms with E-state index in [0.717, 1.165) is 13.1 Å². The molecule has 134 valence electrons. The molecule has 0 spiro atoms. The average molecular weight is 355 g/mol. The number of benzene rings is 2. The Morgan fingerprint density at radius 3 is 2.58 bits per heavy atom. The summed E-state index contributed by atoms with van der Waals surface area (Å²) in [6.07, 6.45) is 1.58. The van der Waals surface area contributed by atoms with Gasteiger partial charge in [0.15, 0.2) is 5.76 Å². The van der Waals surface area contributed by atoms with Crippen molar-refractivity contribution in [3.63, 3.8) is 0 Å². The smallest absolute Gasteiger partial charge is 0.231 e. The number of Topliss-reactive ketones (excluding diaryl/α,β-unsaturated/α-hetero) is 1. The highest BCUT2D eigenvalue weighted by Gasteiger charge is 2.31. The molecule has 6 heteroatoms. The molecule has 2 aromatic rings. The van der Waals surface area contributed by atoms with Crippen LogP contribution in [-0.2, 0) is 11.3 Å². The lowest BCUT2D eigenvalue weighted by Crippen LogP contribution is -2.35. The van der Waals surface area contributed by atoms with Crippen molar-refractivity contribution in [2.75, 3.05) is 26.3 Å². The molecule has 1 saturated heterocycles. The van der Waals surface area contributed by atoms with Crippen LogP contribution in [0.1, 0.15) is 21.5 Å². The van der Waals surface area contributed by atoms with Crippen LogP contribution in [0.4, 0.5) is 4.39 Å². The van der Waals surface area contributed by atoms with Gasteiger partial charge < -0.3 is 14.6 Å². The molecule has 0 unspecified atom stereocenters. The van der Waals surface area contributed by atoms with Crippen molar-refractivity contribution in [2.24, 2.45) is 0 Å². The summed E-state index contributed by atoms with van der Waals surface area (Å²) >= 11 is 0. The lowest BCUT2D eigenvalue weighted by molar-refractivity contribution is 0.0336. The van der Waals surface area contributed by atoms with Crippen molar-refractivity contribution in [2.45, 2.75) is 6.54 Å². The number of fused-ring (bicyclic) bond motifs is 1. The molecule has 1 fully saturated rings. The van der Waals surface area contributed by atoms with Crippen LogP contribution >= 0.6 is 0 Å². The van der Waals surface area contributed by atoms with Gasteiger partial charge in [-0.05, 0) is 35.9 Å². The minimum Gasteiger partial charge on any atom is -0.507 e. The molecule has 2 heterocycles. The Bertz CT molecular complexity index is 870. The van der Waals surface area contributed by atoms with Crippen molar-refractivity contribution in [3.8, 4) is 11.5 Å². The maximum Gasteiger partial charge on any atom is 0.231 e. The fourth-order valence-corrected chi connectivity index (χ4v) is 3.14. The number of phenolic OH excluding ortho intramolecular Hbond substituents is 1. The van der Waals surface area contributed by atoms with E-state index in [1.165, 1.54) is 18.2 Å². The number of ether oxygens (including phenoxy) is 2. The zero-order valence-electron chi connectivity index (χ0n) is 14.1. The Kier molecular flexibility index (Phi) is 4.44. The minimum atomic E-state index is -0.341. The van der Waals surface area contributed by atoms with Crippen LogP contribution in [0.3, 0.4) is 0 Å². The van der Waals surface area contributed by atoms with Crippen molar-refractivity contribution in [1.82, 2.24) is 4.90 Å². The number of aromatic hydroxyl groups is 1. The summed E-state index contributed by atoms with van der Waals surface area (Å²) in [4.78, 5) is 14.8. The van der Waals surface area contributed by atoms with Gasteiger partial charge in [0, 0.05) is 19.6 Å². The number of halogens is 1. The number of carbonyl (C=O) groups is 1. The number of rotatable bonds is 3. The molecular formula is C20H18FNO4. The van der Waals surface area contributed by atoms with E-state index < -0.39 is 0 Å². The van der Waals surface area contributed by atoms with Crippen molar-refractivity contribution in [1.29, 1.82) is 0 Å². The topological polar surface area (TPSA) is 59.0 Å². The molecule has 0 amide bonds. The third-order valence-electron chi connectivity index (χ3n) is 4.57. The summed E-state index contributed by atoms with van der Waals surface area (Å²) < 4.78 is 24.2. The molecule has 0 aliphatic carbocycles. The van der Waals surface area contributed by atoms with Crippen LogP contribution in [0.25, 0.3) is 6.08 Å². The van der Waals surface area contributed by atoms with Gasteiger partial charge in [0.1, 0.15) is 17.3 Å². The maximum absolute atomic E-state index is 13.1. The summed E-state index contributed by atoms with van der Waals surface area (Å²) in [6.45, 7) is 3.29. The first-order valence-electron chi connectivity index (χ1n) is 8.46. The summed E-state index contributed by atoms with van der Waals surface area (Å²) in [5.41, 5.74) is 1.70. The van der Waals surface area contributed by atoms with Crippen LogP contribution in [0.5, 0.6) is 11.5 Å². The first-order valence-corrected chi connectivity index (χ1v) is 8.46. The molecule has 0 atom stereocenters. The number of hydrogen-bond donors (Lipinski definition) is 1. The SMILES string of the molecule is O=C1/C(=C/c2ccc(F)cc2)Oc2c1ccc(O)c2CN1CCOCC1. The van der Waals surface area contributed by atoms with Crippen LogP contribution in [0.2, 0.25) is 0 Å². The second-order valence-electron chi connectivity index (χ2n) is 6.32. The molecule has 0 bridgehead atoms. The predicted octanol–water partition coefficient (Wildman–Crippen LogP) is 2.98. The number of phenols is 1. The second-order valence-corrected chi connectivity index (χ2v) is 6.32.